The third-order valence-electron chi connectivity index (χ3n) is 3.66. The Labute approximate surface area is 129 Å². The zero-order valence-electron chi connectivity index (χ0n) is 12.1. The highest BCUT2D eigenvalue weighted by Crippen LogP contribution is 2.31. The van der Waals surface area contributed by atoms with E-state index in [1.165, 1.54) is 11.1 Å². The number of aryl methyl sites for hydroxylation is 1. The van der Waals surface area contributed by atoms with E-state index in [-0.39, 0.29) is 6.04 Å². The maximum atomic E-state index is 6.38. The molecular weight excluding hydrogens is 314 g/mol. The van der Waals surface area contributed by atoms with Crippen molar-refractivity contribution in [2.75, 3.05) is 7.11 Å². The van der Waals surface area contributed by atoms with Crippen LogP contribution in [0.25, 0.3) is 0 Å². The fraction of sp³-hybridized carbons (Fsp3) is 0.294. The van der Waals surface area contributed by atoms with E-state index in [0.717, 1.165) is 27.8 Å². The molecular formula is C17H20BrNO. The fourth-order valence-corrected chi connectivity index (χ4v) is 2.85. The summed E-state index contributed by atoms with van der Waals surface area (Å²) in [5, 5.41) is 0. The van der Waals surface area contributed by atoms with Crippen molar-refractivity contribution in [2.45, 2.75) is 26.3 Å². The molecule has 0 saturated heterocycles. The molecule has 20 heavy (non-hydrogen) atoms. The number of rotatable bonds is 4. The summed E-state index contributed by atoms with van der Waals surface area (Å²) >= 11 is 3.49. The first-order valence-electron chi connectivity index (χ1n) is 6.67. The molecule has 2 aromatic rings. The maximum Gasteiger partial charge on any atom is 0.126 e. The topological polar surface area (TPSA) is 35.2 Å². The zero-order chi connectivity index (χ0) is 14.7. The summed E-state index contributed by atoms with van der Waals surface area (Å²) < 4.78 is 6.63. The molecule has 0 radical (unpaired) electrons. The predicted octanol–water partition coefficient (Wildman–Crippen LogP) is 4.32. The molecule has 0 bridgehead atoms. The van der Waals surface area contributed by atoms with Crippen LogP contribution in [0.2, 0.25) is 0 Å². The fourth-order valence-electron chi connectivity index (χ4n) is 2.40. The van der Waals surface area contributed by atoms with Gasteiger partial charge in [0.05, 0.1) is 7.11 Å². The van der Waals surface area contributed by atoms with Crippen molar-refractivity contribution in [3.63, 3.8) is 0 Å². The van der Waals surface area contributed by atoms with Gasteiger partial charge in [0.2, 0.25) is 0 Å². The molecule has 0 aliphatic carbocycles. The van der Waals surface area contributed by atoms with E-state index in [9.17, 15) is 0 Å². The average Bonchev–Trinajstić information content (AvgIpc) is 2.41. The Morgan fingerprint density at radius 1 is 1.20 bits per heavy atom. The van der Waals surface area contributed by atoms with Gasteiger partial charge in [0.1, 0.15) is 5.75 Å². The number of halogens is 1. The summed E-state index contributed by atoms with van der Waals surface area (Å²) in [7, 11) is 1.71. The first kappa shape index (κ1) is 15.1. The van der Waals surface area contributed by atoms with E-state index >= 15 is 0 Å². The van der Waals surface area contributed by atoms with Gasteiger partial charge in [-0.25, -0.2) is 0 Å². The average molecular weight is 334 g/mol. The van der Waals surface area contributed by atoms with Crippen LogP contribution in [-0.4, -0.2) is 7.11 Å². The van der Waals surface area contributed by atoms with E-state index in [1.807, 2.05) is 12.1 Å². The molecule has 106 valence electrons. The van der Waals surface area contributed by atoms with Crippen molar-refractivity contribution in [3.05, 3.63) is 63.1 Å². The molecule has 1 unspecified atom stereocenters. The zero-order valence-corrected chi connectivity index (χ0v) is 13.7. The lowest BCUT2D eigenvalue weighted by Gasteiger charge is -2.19. The third-order valence-corrected chi connectivity index (χ3v) is 4.15. The van der Waals surface area contributed by atoms with Gasteiger partial charge in [0.25, 0.3) is 0 Å². The second kappa shape index (κ2) is 6.42. The summed E-state index contributed by atoms with van der Waals surface area (Å²) in [6.07, 6.45) is 0.790. The van der Waals surface area contributed by atoms with Gasteiger partial charge in [-0.2, -0.15) is 0 Å². The highest BCUT2D eigenvalue weighted by atomic mass is 79.9. The quantitative estimate of drug-likeness (QED) is 0.904. The number of ether oxygens (including phenoxy) is 1. The van der Waals surface area contributed by atoms with E-state index < -0.39 is 0 Å². The van der Waals surface area contributed by atoms with Gasteiger partial charge in [-0.15, -0.1) is 0 Å². The van der Waals surface area contributed by atoms with E-state index in [0.29, 0.717) is 0 Å². The molecule has 0 saturated carbocycles. The number of nitrogens with two attached hydrogens (primary N) is 1. The van der Waals surface area contributed by atoms with Crippen LogP contribution < -0.4 is 10.5 Å². The van der Waals surface area contributed by atoms with Crippen LogP contribution >= 0.6 is 15.9 Å². The molecule has 2 N–H and O–H groups in total. The summed E-state index contributed by atoms with van der Waals surface area (Å²) in [5.74, 6) is 0.910. The number of benzene rings is 2. The Balaban J connectivity index is 2.29. The van der Waals surface area contributed by atoms with Crippen LogP contribution in [0.1, 0.15) is 28.3 Å². The molecule has 1 atom stereocenters. The molecule has 0 fully saturated rings. The normalized spacial score (nSPS) is 12.2. The molecule has 0 aromatic heterocycles. The lowest BCUT2D eigenvalue weighted by Crippen LogP contribution is -2.15. The molecule has 2 aromatic carbocycles. The first-order valence-corrected chi connectivity index (χ1v) is 7.46. The lowest BCUT2D eigenvalue weighted by molar-refractivity contribution is 0.402. The minimum atomic E-state index is -0.0708. The Kier molecular flexibility index (Phi) is 4.84. The second-order valence-corrected chi connectivity index (χ2v) is 5.99. The van der Waals surface area contributed by atoms with Crippen LogP contribution in [0.4, 0.5) is 0 Å². The molecule has 0 aliphatic heterocycles. The Hall–Kier alpha value is -1.32. The van der Waals surface area contributed by atoms with Crippen LogP contribution in [-0.2, 0) is 6.42 Å². The van der Waals surface area contributed by atoms with Gasteiger partial charge >= 0.3 is 0 Å². The summed E-state index contributed by atoms with van der Waals surface area (Å²) in [5.41, 5.74) is 11.0. The largest absolute Gasteiger partial charge is 0.496 e. The first-order chi connectivity index (χ1) is 9.52. The number of methoxy groups -OCH3 is 1. The molecule has 0 spiro atoms. The SMILES string of the molecule is COc1c(C(N)Cc2cccc(Br)c2)ccc(C)c1C. The predicted molar refractivity (Wildman–Crippen MR) is 87.2 cm³/mol. The van der Waals surface area contributed by atoms with Crippen molar-refractivity contribution in [3.8, 4) is 5.75 Å². The number of hydrogen-bond acceptors (Lipinski definition) is 2. The highest BCUT2D eigenvalue weighted by Gasteiger charge is 2.15. The van der Waals surface area contributed by atoms with Crippen molar-refractivity contribution < 1.29 is 4.74 Å². The van der Waals surface area contributed by atoms with Gasteiger partial charge in [0, 0.05) is 16.1 Å². The molecule has 0 aliphatic rings. The molecule has 0 heterocycles. The minimum Gasteiger partial charge on any atom is -0.496 e. The van der Waals surface area contributed by atoms with Crippen molar-refractivity contribution in [1.82, 2.24) is 0 Å². The minimum absolute atomic E-state index is 0.0708. The van der Waals surface area contributed by atoms with Crippen LogP contribution in [0.3, 0.4) is 0 Å². The van der Waals surface area contributed by atoms with Crippen LogP contribution in [0, 0.1) is 13.8 Å². The van der Waals surface area contributed by atoms with Gasteiger partial charge in [-0.3, -0.25) is 0 Å². The molecule has 2 nitrogen and oxygen atoms in total. The van der Waals surface area contributed by atoms with Crippen LogP contribution in [0.5, 0.6) is 5.75 Å². The van der Waals surface area contributed by atoms with Gasteiger partial charge in [-0.05, 0) is 49.1 Å². The van der Waals surface area contributed by atoms with E-state index in [2.05, 4.69) is 54.0 Å². The molecule has 0 amide bonds. The van der Waals surface area contributed by atoms with Gasteiger partial charge in [0.15, 0.2) is 0 Å². The Bertz CT molecular complexity index is 610. The highest BCUT2D eigenvalue weighted by molar-refractivity contribution is 9.10. The lowest BCUT2D eigenvalue weighted by atomic mass is 9.95. The number of hydrogen-bond donors (Lipinski definition) is 1. The van der Waals surface area contributed by atoms with E-state index in [4.69, 9.17) is 10.5 Å². The van der Waals surface area contributed by atoms with Gasteiger partial charge in [-0.1, -0.05) is 40.2 Å². The summed E-state index contributed by atoms with van der Waals surface area (Å²) in [4.78, 5) is 0. The van der Waals surface area contributed by atoms with Crippen molar-refractivity contribution >= 4 is 15.9 Å². The standard InChI is InChI=1S/C17H20BrNO/c1-11-7-8-15(17(20-3)12(11)2)16(19)10-13-5-4-6-14(18)9-13/h4-9,16H,10,19H2,1-3H3. The molecule has 2 rings (SSSR count). The molecule has 3 heteroatoms. The third kappa shape index (κ3) is 3.22. The smallest absolute Gasteiger partial charge is 0.126 e. The van der Waals surface area contributed by atoms with Crippen LogP contribution in [0.15, 0.2) is 40.9 Å². The summed E-state index contributed by atoms with van der Waals surface area (Å²) in [6, 6.07) is 12.4. The maximum absolute atomic E-state index is 6.38. The van der Waals surface area contributed by atoms with Crippen molar-refractivity contribution in [2.24, 2.45) is 5.73 Å². The summed E-state index contributed by atoms with van der Waals surface area (Å²) in [6.45, 7) is 4.16. The van der Waals surface area contributed by atoms with Crippen molar-refractivity contribution in [1.29, 1.82) is 0 Å². The second-order valence-electron chi connectivity index (χ2n) is 5.07. The van der Waals surface area contributed by atoms with E-state index in [1.54, 1.807) is 7.11 Å². The Morgan fingerprint density at radius 3 is 2.60 bits per heavy atom. The Morgan fingerprint density at radius 2 is 1.95 bits per heavy atom. The monoisotopic (exact) mass is 333 g/mol. The van der Waals surface area contributed by atoms with Gasteiger partial charge < -0.3 is 10.5 Å².